The second kappa shape index (κ2) is 4.82. The Hall–Kier alpha value is -2.19. The van der Waals surface area contributed by atoms with Crippen LogP contribution in [0, 0.1) is 0 Å². The number of pyridine rings is 1. The van der Waals surface area contributed by atoms with Crippen LogP contribution in [0.3, 0.4) is 0 Å². The number of halogens is 1. The first-order valence-electron chi connectivity index (χ1n) is 5.87. The lowest BCUT2D eigenvalue weighted by Gasteiger charge is -2.07. The molecule has 0 bridgehead atoms. The fourth-order valence-corrected chi connectivity index (χ4v) is 2.38. The molecule has 19 heavy (non-hydrogen) atoms. The summed E-state index contributed by atoms with van der Waals surface area (Å²) in [4.78, 5) is 15.0. The van der Waals surface area contributed by atoms with Crippen LogP contribution in [0.25, 0.3) is 21.9 Å². The molecule has 3 heteroatoms. The second-order valence-corrected chi connectivity index (χ2v) is 4.66. The van der Waals surface area contributed by atoms with E-state index in [-0.39, 0.29) is 0 Å². The summed E-state index contributed by atoms with van der Waals surface area (Å²) >= 11 is 6.08. The summed E-state index contributed by atoms with van der Waals surface area (Å²) in [6, 6.07) is 13.5. The topological polar surface area (TPSA) is 30.0 Å². The van der Waals surface area contributed by atoms with E-state index in [1.54, 1.807) is 12.3 Å². The number of hydrogen-bond acceptors (Lipinski definition) is 2. The number of fused-ring (bicyclic) bond motifs is 1. The molecule has 1 heterocycles. The monoisotopic (exact) mass is 267 g/mol. The van der Waals surface area contributed by atoms with E-state index in [9.17, 15) is 4.79 Å². The van der Waals surface area contributed by atoms with Crippen molar-refractivity contribution in [1.29, 1.82) is 0 Å². The maximum atomic E-state index is 10.8. The smallest absolute Gasteiger partial charge is 0.151 e. The maximum absolute atomic E-state index is 10.8. The first kappa shape index (κ1) is 11.9. The van der Waals surface area contributed by atoms with Crippen molar-refractivity contribution < 1.29 is 4.79 Å². The summed E-state index contributed by atoms with van der Waals surface area (Å²) in [5.41, 5.74) is 2.54. The summed E-state index contributed by atoms with van der Waals surface area (Å²) in [5.74, 6) is 0. The highest BCUT2D eigenvalue weighted by molar-refractivity contribution is 6.33. The molecule has 2 aromatic carbocycles. The minimum Gasteiger partial charge on any atom is -0.298 e. The quantitative estimate of drug-likeness (QED) is 0.646. The van der Waals surface area contributed by atoms with Crippen LogP contribution in [0.15, 0.2) is 54.9 Å². The summed E-state index contributed by atoms with van der Waals surface area (Å²) in [6.45, 7) is 0. The van der Waals surface area contributed by atoms with E-state index in [0.717, 1.165) is 28.2 Å². The third kappa shape index (κ3) is 2.11. The predicted octanol–water partition coefficient (Wildman–Crippen LogP) is 4.37. The van der Waals surface area contributed by atoms with Crippen LogP contribution in [0.1, 0.15) is 10.4 Å². The second-order valence-electron chi connectivity index (χ2n) is 4.26. The van der Waals surface area contributed by atoms with Crippen LogP contribution in [-0.2, 0) is 0 Å². The van der Waals surface area contributed by atoms with Gasteiger partial charge >= 0.3 is 0 Å². The summed E-state index contributed by atoms with van der Waals surface area (Å²) in [5, 5.41) is 2.66. The number of nitrogens with zero attached hydrogens (tertiary/aromatic N) is 1. The number of rotatable bonds is 2. The van der Waals surface area contributed by atoms with Crippen molar-refractivity contribution in [2.75, 3.05) is 0 Å². The van der Waals surface area contributed by atoms with Crippen molar-refractivity contribution in [2.24, 2.45) is 0 Å². The molecular weight excluding hydrogens is 258 g/mol. The van der Waals surface area contributed by atoms with E-state index in [1.807, 2.05) is 42.6 Å². The van der Waals surface area contributed by atoms with Crippen molar-refractivity contribution in [3.8, 4) is 11.1 Å². The molecule has 3 aromatic rings. The lowest BCUT2D eigenvalue weighted by molar-refractivity contribution is 0.112. The van der Waals surface area contributed by atoms with Gasteiger partial charge in [0.1, 0.15) is 0 Å². The highest BCUT2D eigenvalue weighted by atomic mass is 35.5. The first-order chi connectivity index (χ1) is 9.29. The van der Waals surface area contributed by atoms with Gasteiger partial charge in [-0.05, 0) is 34.7 Å². The normalized spacial score (nSPS) is 10.6. The Kier molecular flexibility index (Phi) is 3.02. The Morgan fingerprint density at radius 3 is 2.79 bits per heavy atom. The lowest BCUT2D eigenvalue weighted by Crippen LogP contribution is -1.86. The third-order valence-corrected chi connectivity index (χ3v) is 3.45. The van der Waals surface area contributed by atoms with Gasteiger partial charge in [-0.3, -0.25) is 9.78 Å². The molecule has 0 spiro atoms. The highest BCUT2D eigenvalue weighted by Crippen LogP contribution is 2.30. The molecule has 2 nitrogen and oxygen atoms in total. The molecule has 0 aliphatic heterocycles. The molecule has 0 aliphatic rings. The molecule has 0 radical (unpaired) electrons. The van der Waals surface area contributed by atoms with Crippen molar-refractivity contribution in [3.05, 3.63) is 65.4 Å². The van der Waals surface area contributed by atoms with Gasteiger partial charge in [-0.1, -0.05) is 35.9 Å². The SMILES string of the molecule is O=Cc1ccc(-c2cccc3ccncc23)cc1Cl. The highest BCUT2D eigenvalue weighted by Gasteiger charge is 2.06. The van der Waals surface area contributed by atoms with Gasteiger partial charge in [0, 0.05) is 23.3 Å². The van der Waals surface area contributed by atoms with Crippen LogP contribution in [-0.4, -0.2) is 11.3 Å². The van der Waals surface area contributed by atoms with E-state index >= 15 is 0 Å². The number of aromatic nitrogens is 1. The average Bonchev–Trinajstić information content (AvgIpc) is 2.46. The number of carbonyl (C=O) groups is 1. The fourth-order valence-electron chi connectivity index (χ4n) is 2.16. The molecular formula is C16H10ClNO. The fraction of sp³-hybridized carbons (Fsp3) is 0. The molecule has 0 saturated carbocycles. The number of hydrogen-bond donors (Lipinski definition) is 0. The number of aldehydes is 1. The molecule has 0 aliphatic carbocycles. The van der Waals surface area contributed by atoms with E-state index < -0.39 is 0 Å². The minimum absolute atomic E-state index is 0.466. The first-order valence-corrected chi connectivity index (χ1v) is 6.25. The van der Waals surface area contributed by atoms with Crippen LogP contribution in [0.5, 0.6) is 0 Å². The molecule has 0 fully saturated rings. The van der Waals surface area contributed by atoms with Crippen LogP contribution in [0.2, 0.25) is 5.02 Å². The standard InChI is InChI=1S/C16H10ClNO/c17-16-8-12(4-5-13(16)10-19)14-3-1-2-11-6-7-18-9-15(11)14/h1-10H. The molecule has 0 amide bonds. The number of carbonyl (C=O) groups excluding carboxylic acids is 1. The van der Waals surface area contributed by atoms with Gasteiger partial charge in [-0.2, -0.15) is 0 Å². The molecule has 0 N–H and O–H groups in total. The molecule has 92 valence electrons. The zero-order valence-corrected chi connectivity index (χ0v) is 10.8. The van der Waals surface area contributed by atoms with Gasteiger partial charge in [-0.25, -0.2) is 0 Å². The summed E-state index contributed by atoms with van der Waals surface area (Å²) in [6.07, 6.45) is 4.37. The Balaban J connectivity index is 2.24. The van der Waals surface area contributed by atoms with Gasteiger partial charge in [0.05, 0.1) is 5.02 Å². The molecule has 1 aromatic heterocycles. The Bertz CT molecular complexity index is 762. The van der Waals surface area contributed by atoms with Crippen LogP contribution >= 0.6 is 11.6 Å². The third-order valence-electron chi connectivity index (χ3n) is 3.12. The Labute approximate surface area is 115 Å². The van der Waals surface area contributed by atoms with E-state index in [0.29, 0.717) is 10.6 Å². The lowest BCUT2D eigenvalue weighted by atomic mass is 9.99. The predicted molar refractivity (Wildman–Crippen MR) is 77.6 cm³/mol. The zero-order chi connectivity index (χ0) is 13.2. The van der Waals surface area contributed by atoms with Crippen molar-refractivity contribution in [1.82, 2.24) is 4.98 Å². The van der Waals surface area contributed by atoms with E-state index in [2.05, 4.69) is 4.98 Å². The van der Waals surface area contributed by atoms with E-state index in [1.165, 1.54) is 0 Å². The van der Waals surface area contributed by atoms with Crippen LogP contribution in [0.4, 0.5) is 0 Å². The molecule has 0 saturated heterocycles. The van der Waals surface area contributed by atoms with Crippen LogP contribution < -0.4 is 0 Å². The Morgan fingerprint density at radius 2 is 2.00 bits per heavy atom. The molecule has 0 unspecified atom stereocenters. The summed E-state index contributed by atoms with van der Waals surface area (Å²) < 4.78 is 0. The van der Waals surface area contributed by atoms with Gasteiger partial charge < -0.3 is 0 Å². The van der Waals surface area contributed by atoms with Crippen molar-refractivity contribution in [3.63, 3.8) is 0 Å². The Morgan fingerprint density at radius 1 is 1.11 bits per heavy atom. The van der Waals surface area contributed by atoms with Gasteiger partial charge in [0.25, 0.3) is 0 Å². The summed E-state index contributed by atoms with van der Waals surface area (Å²) in [7, 11) is 0. The number of benzene rings is 2. The van der Waals surface area contributed by atoms with E-state index in [4.69, 9.17) is 11.6 Å². The van der Waals surface area contributed by atoms with Crippen molar-refractivity contribution in [2.45, 2.75) is 0 Å². The zero-order valence-electron chi connectivity index (χ0n) is 10.0. The molecule has 0 atom stereocenters. The van der Waals surface area contributed by atoms with Gasteiger partial charge in [0.15, 0.2) is 6.29 Å². The van der Waals surface area contributed by atoms with Crippen molar-refractivity contribution >= 4 is 28.7 Å². The van der Waals surface area contributed by atoms with Gasteiger partial charge in [0.2, 0.25) is 0 Å². The molecule has 3 rings (SSSR count). The van der Waals surface area contributed by atoms with Gasteiger partial charge in [-0.15, -0.1) is 0 Å². The maximum Gasteiger partial charge on any atom is 0.151 e. The largest absolute Gasteiger partial charge is 0.298 e. The minimum atomic E-state index is 0.466. The average molecular weight is 268 g/mol.